The highest BCUT2D eigenvalue weighted by molar-refractivity contribution is 7.93. The lowest BCUT2D eigenvalue weighted by Gasteiger charge is -2.35. The first kappa shape index (κ1) is 18.5. The normalized spacial score (nSPS) is 18.2. The van der Waals surface area contributed by atoms with Crippen molar-refractivity contribution in [2.24, 2.45) is 0 Å². The monoisotopic (exact) mass is 372 g/mol. The van der Waals surface area contributed by atoms with Crippen LogP contribution in [0.25, 0.3) is 0 Å². The predicted octanol–water partition coefficient (Wildman–Crippen LogP) is 3.04. The van der Waals surface area contributed by atoms with Crippen molar-refractivity contribution >= 4 is 33.8 Å². The second kappa shape index (κ2) is 7.38. The Morgan fingerprint density at radius 2 is 1.92 bits per heavy atom. The Labute approximate surface area is 146 Å². The zero-order chi connectivity index (χ0) is 16.4. The fourth-order valence-corrected chi connectivity index (χ4v) is 4.24. The predicted molar refractivity (Wildman–Crippen MR) is 94.1 cm³/mol. The van der Waals surface area contributed by atoms with Crippen LogP contribution in [-0.2, 0) is 10.0 Å². The van der Waals surface area contributed by atoms with E-state index in [0.29, 0.717) is 17.9 Å². The van der Waals surface area contributed by atoms with Crippen LogP contribution in [0.5, 0.6) is 5.75 Å². The molecule has 1 atom stereocenters. The quantitative estimate of drug-likeness (QED) is 0.896. The minimum Gasteiger partial charge on any atom is -0.470 e. The van der Waals surface area contributed by atoms with Gasteiger partial charge in [-0.25, -0.2) is 17.1 Å². The fourth-order valence-electron chi connectivity index (χ4n) is 2.53. The third-order valence-corrected chi connectivity index (χ3v) is 5.52. The Bertz CT molecular complexity index is 802. The smallest absolute Gasteiger partial charge is 0.278 e. The van der Waals surface area contributed by atoms with Gasteiger partial charge in [-0.05, 0) is 37.9 Å². The molecule has 0 aliphatic carbocycles. The molecule has 0 aromatic heterocycles. The molecule has 2 aromatic rings. The van der Waals surface area contributed by atoms with Crippen LogP contribution in [0, 0.1) is 5.82 Å². The van der Waals surface area contributed by atoms with Crippen LogP contribution < -0.4 is 14.4 Å². The molecule has 0 radical (unpaired) electrons. The summed E-state index contributed by atoms with van der Waals surface area (Å²) in [6, 6.07) is 12.6. The van der Waals surface area contributed by atoms with Gasteiger partial charge in [0.2, 0.25) is 5.44 Å². The minimum absolute atomic E-state index is 0. The third-order valence-electron chi connectivity index (χ3n) is 3.61. The molecule has 0 unspecified atom stereocenters. The van der Waals surface area contributed by atoms with Crippen LogP contribution >= 0.6 is 12.4 Å². The third kappa shape index (κ3) is 3.33. The van der Waals surface area contributed by atoms with Crippen molar-refractivity contribution < 1.29 is 17.5 Å². The first-order valence-corrected chi connectivity index (χ1v) is 8.74. The van der Waals surface area contributed by atoms with Gasteiger partial charge in [0.15, 0.2) is 0 Å². The summed E-state index contributed by atoms with van der Waals surface area (Å²) < 4.78 is 46.2. The van der Waals surface area contributed by atoms with Gasteiger partial charge in [-0.3, -0.25) is 0 Å². The molecule has 24 heavy (non-hydrogen) atoms. The van der Waals surface area contributed by atoms with E-state index in [1.165, 1.54) is 22.5 Å². The summed E-state index contributed by atoms with van der Waals surface area (Å²) in [6.07, 6.45) is 0.262. The Morgan fingerprint density at radius 1 is 1.21 bits per heavy atom. The number of hydrogen-bond acceptors (Lipinski definition) is 4. The largest absolute Gasteiger partial charge is 0.470 e. The number of hydrogen-bond donors (Lipinski definition) is 1. The van der Waals surface area contributed by atoms with Crippen LogP contribution in [0.4, 0.5) is 15.8 Å². The molecule has 130 valence electrons. The van der Waals surface area contributed by atoms with Gasteiger partial charge < -0.3 is 10.1 Å². The number of nitrogens with zero attached hydrogens (tertiary/aromatic N) is 1. The summed E-state index contributed by atoms with van der Waals surface area (Å²) in [5, 5.41) is 2.91. The number of benzene rings is 2. The summed E-state index contributed by atoms with van der Waals surface area (Å²) in [5.41, 5.74) is -0.249. The number of sulfonamides is 1. The van der Waals surface area contributed by atoms with E-state index < -0.39 is 21.3 Å². The highest BCUT2D eigenvalue weighted by Crippen LogP contribution is 2.42. The molecule has 0 amide bonds. The summed E-state index contributed by atoms with van der Waals surface area (Å²) in [7, 11) is -2.03. The molecule has 2 aromatic carbocycles. The molecule has 1 aliphatic rings. The van der Waals surface area contributed by atoms with Gasteiger partial charge in [-0.1, -0.05) is 18.2 Å². The van der Waals surface area contributed by atoms with Gasteiger partial charge >= 0.3 is 0 Å². The molecule has 1 heterocycles. The van der Waals surface area contributed by atoms with Gasteiger partial charge in [0.1, 0.15) is 11.6 Å². The molecule has 0 saturated heterocycles. The first-order valence-electron chi connectivity index (χ1n) is 7.24. The number of fused-ring (bicyclic) bond motifs is 1. The minimum atomic E-state index is -3.77. The summed E-state index contributed by atoms with van der Waals surface area (Å²) in [5.74, 6) is -0.242. The van der Waals surface area contributed by atoms with Crippen LogP contribution in [0.1, 0.15) is 6.42 Å². The fraction of sp³-hybridized carbons (Fsp3) is 0.250. The average molecular weight is 373 g/mol. The zero-order valence-electron chi connectivity index (χ0n) is 13.0. The maximum absolute atomic E-state index is 13.5. The second-order valence-corrected chi connectivity index (χ2v) is 7.12. The Morgan fingerprint density at radius 3 is 2.58 bits per heavy atom. The van der Waals surface area contributed by atoms with Crippen molar-refractivity contribution in [3.63, 3.8) is 0 Å². The molecule has 5 nitrogen and oxygen atoms in total. The molecule has 1 N–H and O–H groups in total. The van der Waals surface area contributed by atoms with E-state index in [9.17, 15) is 12.8 Å². The van der Waals surface area contributed by atoms with Crippen molar-refractivity contribution in [1.82, 2.24) is 5.32 Å². The van der Waals surface area contributed by atoms with E-state index in [1.54, 1.807) is 37.4 Å². The van der Waals surface area contributed by atoms with Gasteiger partial charge in [0.25, 0.3) is 10.0 Å². The van der Waals surface area contributed by atoms with Crippen molar-refractivity contribution in [2.45, 2.75) is 11.9 Å². The number of nitrogens with one attached hydrogen (secondary N) is 1. The maximum Gasteiger partial charge on any atom is 0.278 e. The van der Waals surface area contributed by atoms with Crippen LogP contribution in [0.3, 0.4) is 0 Å². The van der Waals surface area contributed by atoms with E-state index >= 15 is 0 Å². The number of ether oxygens (including phenoxy) is 1. The zero-order valence-corrected chi connectivity index (χ0v) is 14.6. The second-order valence-electron chi connectivity index (χ2n) is 5.20. The lowest BCUT2D eigenvalue weighted by Crippen LogP contribution is -2.44. The first-order chi connectivity index (χ1) is 11.0. The lowest BCUT2D eigenvalue weighted by atomic mass is 10.2. The molecular weight excluding hydrogens is 355 g/mol. The molecule has 1 aliphatic heterocycles. The van der Waals surface area contributed by atoms with Crippen molar-refractivity contribution in [3.8, 4) is 5.75 Å². The highest BCUT2D eigenvalue weighted by atomic mass is 35.5. The highest BCUT2D eigenvalue weighted by Gasteiger charge is 2.40. The van der Waals surface area contributed by atoms with Gasteiger partial charge in [-0.2, -0.15) is 0 Å². The molecular formula is C16H18ClFN2O3S. The van der Waals surface area contributed by atoms with Crippen LogP contribution in [0.15, 0.2) is 48.5 Å². The van der Waals surface area contributed by atoms with E-state index in [1.807, 2.05) is 0 Å². The summed E-state index contributed by atoms with van der Waals surface area (Å²) in [6.45, 7) is 0.469. The van der Waals surface area contributed by atoms with E-state index in [4.69, 9.17) is 4.74 Å². The Hall–Kier alpha value is -1.83. The van der Waals surface area contributed by atoms with Gasteiger partial charge in [-0.15, -0.1) is 12.4 Å². The molecule has 3 rings (SSSR count). The molecule has 0 bridgehead atoms. The van der Waals surface area contributed by atoms with E-state index in [2.05, 4.69) is 5.32 Å². The van der Waals surface area contributed by atoms with Crippen LogP contribution in [0.2, 0.25) is 0 Å². The number of para-hydroxylation sites is 1. The van der Waals surface area contributed by atoms with E-state index in [0.717, 1.165) is 0 Å². The van der Waals surface area contributed by atoms with E-state index in [-0.39, 0.29) is 24.6 Å². The van der Waals surface area contributed by atoms with Crippen molar-refractivity contribution in [3.05, 3.63) is 54.3 Å². The number of anilines is 2. The standard InChI is InChI=1S/C16H17FN2O3S.ClH/c1-18-10-9-16-22-15-11-12(17)7-8-14(15)19(23(16,20)21)13-5-3-2-4-6-13;/h2-8,11,16,18H,9-10H2,1H3;1H/t16-;/m1./s1. The summed E-state index contributed by atoms with van der Waals surface area (Å²) in [4.78, 5) is 0. The van der Waals surface area contributed by atoms with Crippen molar-refractivity contribution in [1.29, 1.82) is 0 Å². The molecule has 0 spiro atoms. The molecule has 8 heteroatoms. The topological polar surface area (TPSA) is 58.6 Å². The SMILES string of the molecule is CNCC[C@@H]1Oc2cc(F)ccc2N(c2ccccc2)S1(=O)=O.Cl. The lowest BCUT2D eigenvalue weighted by molar-refractivity contribution is 0.256. The van der Waals surface area contributed by atoms with Gasteiger partial charge in [0, 0.05) is 12.5 Å². The number of rotatable bonds is 4. The van der Waals surface area contributed by atoms with Gasteiger partial charge in [0.05, 0.1) is 11.4 Å². The summed E-state index contributed by atoms with van der Waals surface area (Å²) >= 11 is 0. The molecule has 0 saturated carbocycles. The number of halogens is 2. The molecule has 0 fully saturated rings. The van der Waals surface area contributed by atoms with Crippen molar-refractivity contribution in [2.75, 3.05) is 17.9 Å². The maximum atomic E-state index is 13.5. The Balaban J connectivity index is 0.00000208. The average Bonchev–Trinajstić information content (AvgIpc) is 2.53. The van der Waals surface area contributed by atoms with Crippen LogP contribution in [-0.4, -0.2) is 27.4 Å². The Kier molecular flexibility index (Phi) is 5.69.